The smallest absolute Gasteiger partial charge is 0.242 e. The number of nitrogens with zero attached hydrogens (tertiary/aromatic N) is 3. The zero-order valence-corrected chi connectivity index (χ0v) is 24.4. The fraction of sp³-hybridized carbons (Fsp3) is 0.333. The summed E-state index contributed by atoms with van der Waals surface area (Å²) in [6, 6.07) is 24.4. The summed E-state index contributed by atoms with van der Waals surface area (Å²) < 4.78 is 13.2. The second kappa shape index (κ2) is 11.4. The Morgan fingerprint density at radius 3 is 1.88 bits per heavy atom. The van der Waals surface area contributed by atoms with Gasteiger partial charge in [-0.1, -0.05) is 42.5 Å². The number of benzene rings is 3. The van der Waals surface area contributed by atoms with Crippen molar-refractivity contribution in [1.29, 1.82) is 0 Å². The number of carbonyl (C=O) groups excluding carboxylic acids is 2. The van der Waals surface area contributed by atoms with E-state index >= 15 is 0 Å². The van der Waals surface area contributed by atoms with Gasteiger partial charge in [-0.05, 0) is 47.0 Å². The van der Waals surface area contributed by atoms with Crippen molar-refractivity contribution >= 4 is 46.5 Å². The minimum atomic E-state index is -1.26. The Morgan fingerprint density at radius 2 is 1.31 bits per heavy atom. The zero-order valence-electron chi connectivity index (χ0n) is 23.6. The topological polar surface area (TPSA) is 76.0 Å². The number of hydrogen-bond acceptors (Lipinski definition) is 6. The van der Waals surface area contributed by atoms with Crippen molar-refractivity contribution in [2.75, 3.05) is 62.4 Å². The van der Waals surface area contributed by atoms with E-state index in [1.165, 1.54) is 0 Å². The highest BCUT2D eigenvalue weighted by molar-refractivity contribution is 6.16. The van der Waals surface area contributed by atoms with Crippen molar-refractivity contribution in [3.63, 3.8) is 0 Å². The fourth-order valence-corrected chi connectivity index (χ4v) is 6.89. The Hall–Kier alpha value is -3.85. The highest BCUT2D eigenvalue weighted by Crippen LogP contribution is 2.51. The Bertz CT molecular complexity index is 1560. The first-order valence-electron chi connectivity index (χ1n) is 14.3. The van der Waals surface area contributed by atoms with Gasteiger partial charge in [-0.2, -0.15) is 0 Å². The number of para-hydroxylation sites is 1. The number of morpholine rings is 2. The summed E-state index contributed by atoms with van der Waals surface area (Å²) in [4.78, 5) is 33.0. The quantitative estimate of drug-likeness (QED) is 0.356. The standard InChI is InChI=1S/C33H34N4O4.ClH/c1-35-22-28(27-10-2-3-11-29(27)35)30-31(38)34-32(39)33(30,23-6-4-8-25(20-23)36-12-16-40-17-13-36)24-7-5-9-26(21-24)37-14-18-41-19-15-37;/h2-11,20-22,30H,12-19H2,1H3,(H,34,38,39);1H. The van der Waals surface area contributed by atoms with Crippen molar-refractivity contribution in [2.24, 2.45) is 7.05 Å². The van der Waals surface area contributed by atoms with Crippen LogP contribution in [0.25, 0.3) is 10.9 Å². The van der Waals surface area contributed by atoms with E-state index < -0.39 is 11.3 Å². The largest absolute Gasteiger partial charge is 0.378 e. The minimum absolute atomic E-state index is 0. The van der Waals surface area contributed by atoms with Gasteiger partial charge in [-0.15, -0.1) is 12.4 Å². The van der Waals surface area contributed by atoms with Gasteiger partial charge in [-0.3, -0.25) is 14.9 Å². The highest BCUT2D eigenvalue weighted by atomic mass is 35.5. The Kier molecular flexibility index (Phi) is 7.70. The molecule has 0 aliphatic carbocycles. The van der Waals surface area contributed by atoms with Gasteiger partial charge in [0.25, 0.3) is 0 Å². The maximum absolute atomic E-state index is 14.4. The second-order valence-electron chi connectivity index (χ2n) is 11.1. The number of ether oxygens (including phenoxy) is 2. The average molecular weight is 587 g/mol. The number of anilines is 2. The second-order valence-corrected chi connectivity index (χ2v) is 11.1. The van der Waals surface area contributed by atoms with Crippen LogP contribution in [0.15, 0.2) is 79.0 Å². The van der Waals surface area contributed by atoms with Crippen molar-refractivity contribution in [3.05, 3.63) is 95.7 Å². The van der Waals surface area contributed by atoms with Crippen LogP contribution >= 0.6 is 12.4 Å². The van der Waals surface area contributed by atoms with Crippen molar-refractivity contribution in [1.82, 2.24) is 9.88 Å². The van der Waals surface area contributed by atoms with Crippen molar-refractivity contribution < 1.29 is 19.1 Å². The van der Waals surface area contributed by atoms with Crippen LogP contribution in [-0.4, -0.2) is 69.0 Å². The molecule has 3 fully saturated rings. The summed E-state index contributed by atoms with van der Waals surface area (Å²) in [6.07, 6.45) is 2.01. The third-order valence-electron chi connectivity index (χ3n) is 8.88. The molecule has 8 nitrogen and oxygen atoms in total. The first-order chi connectivity index (χ1) is 20.1. The number of rotatable bonds is 5. The van der Waals surface area contributed by atoms with Crippen LogP contribution in [0.4, 0.5) is 11.4 Å². The molecule has 0 saturated carbocycles. The summed E-state index contributed by atoms with van der Waals surface area (Å²) in [5.74, 6) is -1.32. The summed E-state index contributed by atoms with van der Waals surface area (Å²) >= 11 is 0. The predicted octanol–water partition coefficient (Wildman–Crippen LogP) is 4.00. The van der Waals surface area contributed by atoms with E-state index in [-0.39, 0.29) is 24.2 Å². The fourth-order valence-electron chi connectivity index (χ4n) is 6.89. The third-order valence-corrected chi connectivity index (χ3v) is 8.88. The molecule has 1 N–H and O–H groups in total. The predicted molar refractivity (Wildman–Crippen MR) is 166 cm³/mol. The minimum Gasteiger partial charge on any atom is -0.378 e. The highest BCUT2D eigenvalue weighted by Gasteiger charge is 2.59. The maximum atomic E-state index is 14.4. The number of carbonyl (C=O) groups is 2. The molecule has 4 aromatic rings. The lowest BCUT2D eigenvalue weighted by Crippen LogP contribution is -2.41. The van der Waals surface area contributed by atoms with Gasteiger partial charge in [0, 0.05) is 61.7 Å². The number of halogens is 1. The van der Waals surface area contributed by atoms with Gasteiger partial charge < -0.3 is 23.8 Å². The number of hydrogen-bond donors (Lipinski definition) is 1. The molecule has 3 aromatic carbocycles. The average Bonchev–Trinajstić information content (AvgIpc) is 3.50. The maximum Gasteiger partial charge on any atom is 0.242 e. The number of aryl methyl sites for hydroxylation is 1. The molecular formula is C33H35ClN4O4. The number of nitrogens with one attached hydrogen (secondary N) is 1. The van der Waals surface area contributed by atoms with Gasteiger partial charge >= 0.3 is 0 Å². The van der Waals surface area contributed by atoms with E-state index in [2.05, 4.69) is 39.4 Å². The Morgan fingerprint density at radius 1 is 0.762 bits per heavy atom. The molecule has 3 aliphatic rings. The molecule has 0 spiro atoms. The molecule has 0 bridgehead atoms. The monoisotopic (exact) mass is 586 g/mol. The molecule has 3 aliphatic heterocycles. The zero-order chi connectivity index (χ0) is 28.0. The lowest BCUT2D eigenvalue weighted by molar-refractivity contribution is -0.126. The lowest BCUT2D eigenvalue weighted by Gasteiger charge is -2.36. The summed E-state index contributed by atoms with van der Waals surface area (Å²) in [5, 5.41) is 3.75. The molecule has 0 radical (unpaired) electrons. The van der Waals surface area contributed by atoms with Crippen LogP contribution in [0.3, 0.4) is 0 Å². The summed E-state index contributed by atoms with van der Waals surface area (Å²) in [6.45, 7) is 5.76. The molecule has 9 heteroatoms. The van der Waals surface area contributed by atoms with E-state index in [9.17, 15) is 9.59 Å². The van der Waals surface area contributed by atoms with Gasteiger partial charge in [0.2, 0.25) is 11.8 Å². The summed E-state index contributed by atoms with van der Waals surface area (Å²) in [5.41, 5.74) is 4.28. The molecule has 7 rings (SSSR count). The van der Waals surface area contributed by atoms with E-state index in [1.807, 2.05) is 66.3 Å². The molecular weight excluding hydrogens is 552 g/mol. The Labute approximate surface area is 251 Å². The van der Waals surface area contributed by atoms with Gasteiger partial charge in [0.05, 0.1) is 32.3 Å². The van der Waals surface area contributed by atoms with Crippen LogP contribution in [0.2, 0.25) is 0 Å². The van der Waals surface area contributed by atoms with Crippen LogP contribution in [0.5, 0.6) is 0 Å². The molecule has 1 unspecified atom stereocenters. The van der Waals surface area contributed by atoms with E-state index in [4.69, 9.17) is 9.47 Å². The summed E-state index contributed by atoms with van der Waals surface area (Å²) in [7, 11) is 1.99. The van der Waals surface area contributed by atoms with E-state index in [1.54, 1.807) is 0 Å². The molecule has 3 saturated heterocycles. The normalized spacial score (nSPS) is 20.5. The third kappa shape index (κ3) is 4.54. The number of fused-ring (bicyclic) bond motifs is 1. The first kappa shape index (κ1) is 28.3. The van der Waals surface area contributed by atoms with E-state index in [0.29, 0.717) is 26.4 Å². The number of imide groups is 1. The molecule has 2 amide bonds. The molecule has 42 heavy (non-hydrogen) atoms. The Balaban J connectivity index is 0.00000316. The lowest BCUT2D eigenvalue weighted by atomic mass is 9.64. The SMILES string of the molecule is Cl.Cn1cc(C2C(=O)NC(=O)C2(c2cccc(N3CCOCC3)c2)c2cccc(N3CCOCC3)c2)c2ccccc21. The number of aromatic nitrogens is 1. The first-order valence-corrected chi connectivity index (χ1v) is 14.3. The van der Waals surface area contributed by atoms with Crippen molar-refractivity contribution in [2.45, 2.75) is 11.3 Å². The molecule has 1 aromatic heterocycles. The van der Waals surface area contributed by atoms with Crippen LogP contribution in [-0.2, 0) is 31.5 Å². The van der Waals surface area contributed by atoms with Crippen molar-refractivity contribution in [3.8, 4) is 0 Å². The van der Waals surface area contributed by atoms with Gasteiger partial charge in [-0.25, -0.2) is 0 Å². The molecule has 218 valence electrons. The molecule has 1 atom stereocenters. The van der Waals surface area contributed by atoms with Gasteiger partial charge in [0.15, 0.2) is 0 Å². The number of amides is 2. The van der Waals surface area contributed by atoms with E-state index in [0.717, 1.165) is 65.1 Å². The molecule has 4 heterocycles. The van der Waals surface area contributed by atoms with Crippen LogP contribution < -0.4 is 15.1 Å². The van der Waals surface area contributed by atoms with Gasteiger partial charge in [0.1, 0.15) is 5.41 Å². The van der Waals surface area contributed by atoms with Crippen LogP contribution in [0, 0.1) is 0 Å². The van der Waals surface area contributed by atoms with Crippen LogP contribution in [0.1, 0.15) is 22.6 Å².